The Morgan fingerprint density at radius 2 is 1.76 bits per heavy atom. The minimum atomic E-state index is -4.80. The zero-order valence-electron chi connectivity index (χ0n) is 18.5. The summed E-state index contributed by atoms with van der Waals surface area (Å²) in [6.45, 7) is 3.80. The van der Waals surface area contributed by atoms with Crippen molar-refractivity contribution >= 4 is 17.8 Å². The molecule has 1 aliphatic rings. The summed E-state index contributed by atoms with van der Waals surface area (Å²) in [7, 11) is 0. The number of halogens is 4. The summed E-state index contributed by atoms with van der Waals surface area (Å²) in [4.78, 5) is 14.5. The Morgan fingerprint density at radius 1 is 1.06 bits per heavy atom. The average Bonchev–Trinajstić information content (AvgIpc) is 3.43. The summed E-state index contributed by atoms with van der Waals surface area (Å²) in [6, 6.07) is 13.6. The first-order chi connectivity index (χ1) is 16.2. The standard InChI is InChI=1S/C25H23F4N3O2/c1-17-13-21(15-23(26)19-7-9-22(10-8-19)34-25(27,28)29)30-32(17)16-18-5-4-6-20(14-18)24(33)31-11-2-3-12-31/h4-10,13-15H,2-3,11-12,16H2,1H3. The van der Waals surface area contributed by atoms with Crippen molar-refractivity contribution in [2.24, 2.45) is 0 Å². The van der Waals surface area contributed by atoms with Gasteiger partial charge in [-0.15, -0.1) is 13.2 Å². The van der Waals surface area contributed by atoms with Crippen LogP contribution in [0, 0.1) is 6.92 Å². The van der Waals surface area contributed by atoms with Crippen molar-refractivity contribution in [1.82, 2.24) is 14.7 Å². The fraction of sp³-hybridized carbons (Fsp3) is 0.280. The number of carbonyl (C=O) groups is 1. The van der Waals surface area contributed by atoms with Gasteiger partial charge in [0.1, 0.15) is 11.6 Å². The molecule has 0 unspecified atom stereocenters. The summed E-state index contributed by atoms with van der Waals surface area (Å²) in [5.74, 6) is -1.04. The van der Waals surface area contributed by atoms with E-state index < -0.39 is 17.9 Å². The van der Waals surface area contributed by atoms with Gasteiger partial charge in [0, 0.05) is 36.0 Å². The molecule has 0 aliphatic carbocycles. The van der Waals surface area contributed by atoms with Crippen LogP contribution >= 0.6 is 0 Å². The van der Waals surface area contributed by atoms with Crippen LogP contribution in [0.1, 0.15) is 45.7 Å². The van der Waals surface area contributed by atoms with E-state index in [0.29, 0.717) is 17.8 Å². The predicted molar refractivity (Wildman–Crippen MR) is 120 cm³/mol. The quantitative estimate of drug-likeness (QED) is 0.423. The second-order valence-electron chi connectivity index (χ2n) is 8.13. The monoisotopic (exact) mass is 473 g/mol. The molecule has 1 saturated heterocycles. The first-order valence-electron chi connectivity index (χ1n) is 10.8. The van der Waals surface area contributed by atoms with Crippen LogP contribution in [0.2, 0.25) is 0 Å². The Hall–Kier alpha value is -3.62. The average molecular weight is 473 g/mol. The Morgan fingerprint density at radius 3 is 2.44 bits per heavy atom. The number of hydrogen-bond acceptors (Lipinski definition) is 3. The molecule has 178 valence electrons. The zero-order valence-corrected chi connectivity index (χ0v) is 18.5. The van der Waals surface area contributed by atoms with Crippen molar-refractivity contribution < 1.29 is 27.1 Å². The fourth-order valence-electron chi connectivity index (χ4n) is 3.87. The van der Waals surface area contributed by atoms with Gasteiger partial charge in [-0.2, -0.15) is 5.10 Å². The Labute approximate surface area is 194 Å². The SMILES string of the molecule is Cc1cc(C=C(F)c2ccc(OC(F)(F)F)cc2)nn1Cc1cccc(C(=O)N2CCCC2)c1. The fourth-order valence-corrected chi connectivity index (χ4v) is 3.87. The van der Waals surface area contributed by atoms with Crippen LogP contribution in [0.25, 0.3) is 11.9 Å². The van der Waals surface area contributed by atoms with Gasteiger partial charge in [-0.1, -0.05) is 12.1 Å². The number of rotatable bonds is 6. The van der Waals surface area contributed by atoms with Crippen LogP contribution in [0.3, 0.4) is 0 Å². The molecule has 5 nitrogen and oxygen atoms in total. The molecule has 0 atom stereocenters. The lowest BCUT2D eigenvalue weighted by atomic mass is 10.1. The maximum Gasteiger partial charge on any atom is 0.573 e. The molecule has 2 heterocycles. The molecule has 1 fully saturated rings. The molecule has 2 aromatic carbocycles. The second kappa shape index (κ2) is 9.70. The summed E-state index contributed by atoms with van der Waals surface area (Å²) in [6.07, 6.45) is -1.54. The third-order valence-electron chi connectivity index (χ3n) is 5.54. The van der Waals surface area contributed by atoms with Gasteiger partial charge in [0.15, 0.2) is 0 Å². The van der Waals surface area contributed by atoms with Crippen molar-refractivity contribution in [3.05, 3.63) is 82.7 Å². The van der Waals surface area contributed by atoms with Crippen molar-refractivity contribution in [2.45, 2.75) is 32.7 Å². The number of benzene rings is 2. The van der Waals surface area contributed by atoms with Crippen molar-refractivity contribution in [3.8, 4) is 5.75 Å². The summed E-state index contributed by atoms with van der Waals surface area (Å²) >= 11 is 0. The van der Waals surface area contributed by atoms with E-state index in [1.54, 1.807) is 16.8 Å². The smallest absolute Gasteiger partial charge is 0.406 e. The number of alkyl halides is 3. The maximum absolute atomic E-state index is 14.7. The van der Waals surface area contributed by atoms with Crippen LogP contribution in [-0.2, 0) is 6.54 Å². The summed E-state index contributed by atoms with van der Waals surface area (Å²) < 4.78 is 57.0. The van der Waals surface area contributed by atoms with E-state index in [0.717, 1.165) is 49.3 Å². The van der Waals surface area contributed by atoms with Gasteiger partial charge < -0.3 is 9.64 Å². The normalized spacial score (nSPS) is 14.5. The maximum atomic E-state index is 14.7. The van der Waals surface area contributed by atoms with Gasteiger partial charge in [-0.05, 0) is 67.8 Å². The first-order valence-corrected chi connectivity index (χ1v) is 10.8. The van der Waals surface area contributed by atoms with E-state index in [-0.39, 0.29) is 11.5 Å². The lowest BCUT2D eigenvalue weighted by Crippen LogP contribution is -2.27. The number of likely N-dealkylation sites (tertiary alicyclic amines) is 1. The molecule has 1 aliphatic heterocycles. The molecule has 1 amide bonds. The van der Waals surface area contributed by atoms with Crippen LogP contribution in [0.4, 0.5) is 17.6 Å². The molecule has 0 N–H and O–H groups in total. The summed E-state index contributed by atoms with van der Waals surface area (Å²) in [5, 5.41) is 4.42. The molecule has 1 aromatic heterocycles. The minimum Gasteiger partial charge on any atom is -0.406 e. The third kappa shape index (κ3) is 5.84. The third-order valence-corrected chi connectivity index (χ3v) is 5.54. The number of nitrogens with zero attached hydrogens (tertiary/aromatic N) is 3. The lowest BCUT2D eigenvalue weighted by Gasteiger charge is -2.15. The molecule has 0 saturated carbocycles. The molecule has 0 bridgehead atoms. The zero-order chi connectivity index (χ0) is 24.3. The van der Waals surface area contributed by atoms with E-state index >= 15 is 0 Å². The van der Waals surface area contributed by atoms with Gasteiger partial charge in [0.25, 0.3) is 5.91 Å². The lowest BCUT2D eigenvalue weighted by molar-refractivity contribution is -0.274. The number of carbonyl (C=O) groups excluding carboxylic acids is 1. The number of aromatic nitrogens is 2. The number of ether oxygens (including phenoxy) is 1. The molecule has 9 heteroatoms. The van der Waals surface area contributed by atoms with Crippen LogP contribution in [0.5, 0.6) is 5.75 Å². The van der Waals surface area contributed by atoms with Gasteiger partial charge in [0.2, 0.25) is 0 Å². The van der Waals surface area contributed by atoms with Gasteiger partial charge in [0.05, 0.1) is 12.2 Å². The molecular formula is C25H23F4N3O2. The van der Waals surface area contributed by atoms with Crippen molar-refractivity contribution in [1.29, 1.82) is 0 Å². The Balaban J connectivity index is 1.47. The largest absolute Gasteiger partial charge is 0.573 e. The van der Waals surface area contributed by atoms with Crippen molar-refractivity contribution in [3.63, 3.8) is 0 Å². The first kappa shape index (κ1) is 23.5. The minimum absolute atomic E-state index is 0.0221. The topological polar surface area (TPSA) is 47.4 Å². The van der Waals surface area contributed by atoms with Crippen molar-refractivity contribution in [2.75, 3.05) is 13.1 Å². The number of hydrogen-bond donors (Lipinski definition) is 0. The molecule has 34 heavy (non-hydrogen) atoms. The van der Waals surface area contributed by atoms with Gasteiger partial charge in [-0.25, -0.2) is 4.39 Å². The molecule has 0 spiro atoms. The highest BCUT2D eigenvalue weighted by molar-refractivity contribution is 5.94. The van der Waals surface area contributed by atoms with E-state index in [9.17, 15) is 22.4 Å². The highest BCUT2D eigenvalue weighted by Crippen LogP contribution is 2.26. The molecule has 0 radical (unpaired) electrons. The Bertz CT molecular complexity index is 1190. The second-order valence-corrected chi connectivity index (χ2v) is 8.13. The van der Waals surface area contributed by atoms with E-state index in [1.807, 2.05) is 30.0 Å². The molecule has 3 aromatic rings. The van der Waals surface area contributed by atoms with Crippen LogP contribution in [0.15, 0.2) is 54.6 Å². The van der Waals surface area contributed by atoms with E-state index in [4.69, 9.17) is 0 Å². The number of amides is 1. The van der Waals surface area contributed by atoms with Gasteiger partial charge in [-0.3, -0.25) is 9.48 Å². The number of aryl methyl sites for hydroxylation is 1. The van der Waals surface area contributed by atoms with E-state index in [1.165, 1.54) is 18.2 Å². The highest BCUT2D eigenvalue weighted by atomic mass is 19.4. The van der Waals surface area contributed by atoms with Gasteiger partial charge >= 0.3 is 6.36 Å². The highest BCUT2D eigenvalue weighted by Gasteiger charge is 2.31. The summed E-state index contributed by atoms with van der Waals surface area (Å²) in [5.41, 5.74) is 2.80. The van der Waals surface area contributed by atoms with E-state index in [2.05, 4.69) is 9.84 Å². The molecular weight excluding hydrogens is 450 g/mol. The Kier molecular flexibility index (Phi) is 6.72. The van der Waals surface area contributed by atoms with Crippen LogP contribution in [-0.4, -0.2) is 40.0 Å². The van der Waals surface area contributed by atoms with Crippen LogP contribution < -0.4 is 4.74 Å². The predicted octanol–water partition coefficient (Wildman–Crippen LogP) is 5.84. The molecule has 4 rings (SSSR count).